The summed E-state index contributed by atoms with van der Waals surface area (Å²) in [4.78, 5) is 0.523. The Bertz CT molecular complexity index is 340. The summed E-state index contributed by atoms with van der Waals surface area (Å²) in [6.07, 6.45) is 4.58. The van der Waals surface area contributed by atoms with Gasteiger partial charge in [0.25, 0.3) is 0 Å². The monoisotopic (exact) mass is 314 g/mol. The predicted molar refractivity (Wildman–Crippen MR) is 75.5 cm³/mol. The average molecular weight is 313 g/mol. The molecule has 0 spiro atoms. The topological polar surface area (TPSA) is 29.5 Å². The van der Waals surface area contributed by atoms with Crippen molar-refractivity contribution in [3.8, 4) is 0 Å². The van der Waals surface area contributed by atoms with Gasteiger partial charge in [-0.25, -0.2) is 0 Å². The minimum atomic E-state index is -0.265. The number of unbranched alkanes of at least 4 members (excludes halogenated alkanes) is 1. The quantitative estimate of drug-likeness (QED) is 0.844. The Labute approximate surface area is 116 Å². The molecule has 0 aromatic heterocycles. The normalized spacial score (nSPS) is 28.2. The number of ether oxygens (including phenoxy) is 1. The molecule has 1 N–H and O–H groups in total. The van der Waals surface area contributed by atoms with Crippen LogP contribution in [0.1, 0.15) is 32.6 Å². The zero-order valence-electron chi connectivity index (χ0n) is 10.9. The summed E-state index contributed by atoms with van der Waals surface area (Å²) >= 11 is 0.404. The summed E-state index contributed by atoms with van der Waals surface area (Å²) in [5, 5.41) is 9.79. The molecule has 100 valence electrons. The van der Waals surface area contributed by atoms with Crippen LogP contribution in [-0.4, -0.2) is 38.9 Å². The zero-order valence-corrected chi connectivity index (χ0v) is 12.6. The first-order chi connectivity index (χ1) is 8.79. The Hall–Kier alpha value is -0.341. The Morgan fingerprint density at radius 2 is 2.11 bits per heavy atom. The summed E-state index contributed by atoms with van der Waals surface area (Å²) in [5.41, 5.74) is 0. The van der Waals surface area contributed by atoms with Gasteiger partial charge in [0.05, 0.1) is 0 Å². The standard InChI is InChI=1S/C15H22O2Se/c1-2-3-9-14-15(10-12(16)11-17-14)18-13-7-5-4-6-8-13/h4-8,12,14-16H,2-3,9-11H2,1H3/t12-,14+,15+/m1/s1. The van der Waals surface area contributed by atoms with Gasteiger partial charge in [0.1, 0.15) is 0 Å². The molecule has 1 aliphatic rings. The Kier molecular flexibility index (Phi) is 5.71. The number of hydrogen-bond acceptors (Lipinski definition) is 2. The van der Waals surface area contributed by atoms with Gasteiger partial charge in [-0.1, -0.05) is 0 Å². The van der Waals surface area contributed by atoms with Crippen LogP contribution in [0.25, 0.3) is 0 Å². The molecule has 0 aliphatic carbocycles. The van der Waals surface area contributed by atoms with Crippen molar-refractivity contribution >= 4 is 19.4 Å². The molecule has 2 rings (SSSR count). The van der Waals surface area contributed by atoms with Gasteiger partial charge in [0, 0.05) is 0 Å². The first-order valence-corrected chi connectivity index (χ1v) is 8.65. The van der Waals surface area contributed by atoms with Crippen molar-refractivity contribution in [3.63, 3.8) is 0 Å². The van der Waals surface area contributed by atoms with Crippen LogP contribution < -0.4 is 4.46 Å². The molecule has 0 saturated carbocycles. The number of rotatable bonds is 5. The second kappa shape index (κ2) is 7.30. The summed E-state index contributed by atoms with van der Waals surface area (Å²) in [6.45, 7) is 2.74. The van der Waals surface area contributed by atoms with Crippen molar-refractivity contribution in [1.82, 2.24) is 0 Å². The van der Waals surface area contributed by atoms with Gasteiger partial charge in [-0.05, 0) is 0 Å². The van der Waals surface area contributed by atoms with Crippen molar-refractivity contribution in [2.24, 2.45) is 0 Å². The molecule has 3 atom stereocenters. The number of hydrogen-bond donors (Lipinski definition) is 1. The molecule has 3 heteroatoms. The van der Waals surface area contributed by atoms with Gasteiger partial charge in [0.15, 0.2) is 0 Å². The number of aliphatic hydroxyl groups excluding tert-OH is 1. The van der Waals surface area contributed by atoms with Gasteiger partial charge in [-0.2, -0.15) is 0 Å². The fourth-order valence-electron chi connectivity index (χ4n) is 2.30. The fraction of sp³-hybridized carbons (Fsp3) is 0.600. The molecule has 2 nitrogen and oxygen atoms in total. The van der Waals surface area contributed by atoms with Crippen molar-refractivity contribution in [3.05, 3.63) is 30.3 Å². The van der Waals surface area contributed by atoms with Crippen LogP contribution in [-0.2, 0) is 4.74 Å². The number of aliphatic hydroxyl groups is 1. The van der Waals surface area contributed by atoms with Crippen molar-refractivity contribution in [2.45, 2.75) is 49.6 Å². The molecular formula is C15H22O2Se. The SMILES string of the molecule is CCCC[C@@H]1OC[C@H](O)C[C@@H]1[Se]c1ccccc1. The van der Waals surface area contributed by atoms with E-state index in [1.807, 2.05) is 0 Å². The summed E-state index contributed by atoms with van der Waals surface area (Å²) in [6, 6.07) is 10.6. The van der Waals surface area contributed by atoms with Crippen molar-refractivity contribution in [2.75, 3.05) is 6.61 Å². The zero-order chi connectivity index (χ0) is 12.8. The first kappa shape index (κ1) is 14.1. The van der Waals surface area contributed by atoms with E-state index >= 15 is 0 Å². The minimum absolute atomic E-state index is 0.265. The van der Waals surface area contributed by atoms with Crippen molar-refractivity contribution < 1.29 is 9.84 Å². The average Bonchev–Trinajstić information content (AvgIpc) is 2.39. The van der Waals surface area contributed by atoms with E-state index in [1.165, 1.54) is 17.3 Å². The van der Waals surface area contributed by atoms with Crippen LogP contribution in [0.5, 0.6) is 0 Å². The summed E-state index contributed by atoms with van der Waals surface area (Å²) in [7, 11) is 0. The van der Waals surface area contributed by atoms with Gasteiger partial charge in [0.2, 0.25) is 0 Å². The van der Waals surface area contributed by atoms with E-state index in [0.717, 1.165) is 12.8 Å². The van der Waals surface area contributed by atoms with Crippen LogP contribution in [0.4, 0.5) is 0 Å². The molecule has 1 aromatic carbocycles. The van der Waals surface area contributed by atoms with Crippen LogP contribution in [0.3, 0.4) is 0 Å². The van der Waals surface area contributed by atoms with E-state index < -0.39 is 0 Å². The van der Waals surface area contributed by atoms with E-state index in [-0.39, 0.29) is 6.10 Å². The molecule has 1 aromatic rings. The molecule has 1 aliphatic heterocycles. The summed E-state index contributed by atoms with van der Waals surface area (Å²) < 4.78 is 7.25. The Morgan fingerprint density at radius 1 is 1.33 bits per heavy atom. The molecule has 1 fully saturated rings. The van der Waals surface area contributed by atoms with E-state index in [9.17, 15) is 5.11 Å². The van der Waals surface area contributed by atoms with E-state index in [2.05, 4.69) is 37.3 Å². The maximum atomic E-state index is 9.79. The van der Waals surface area contributed by atoms with E-state index in [4.69, 9.17) is 4.74 Å². The molecule has 0 radical (unpaired) electrons. The van der Waals surface area contributed by atoms with Crippen LogP contribution >= 0.6 is 0 Å². The van der Waals surface area contributed by atoms with Crippen LogP contribution in [0, 0.1) is 0 Å². The van der Waals surface area contributed by atoms with Crippen LogP contribution in [0.2, 0.25) is 4.82 Å². The van der Waals surface area contributed by atoms with Crippen LogP contribution in [0.15, 0.2) is 30.3 Å². The molecule has 0 amide bonds. The van der Waals surface area contributed by atoms with Gasteiger partial charge in [-0.3, -0.25) is 0 Å². The third-order valence-corrected chi connectivity index (χ3v) is 6.11. The molecule has 18 heavy (non-hydrogen) atoms. The molecule has 1 heterocycles. The summed E-state index contributed by atoms with van der Waals surface area (Å²) in [5.74, 6) is 0. The third-order valence-electron chi connectivity index (χ3n) is 3.29. The third kappa shape index (κ3) is 4.10. The second-order valence-electron chi connectivity index (χ2n) is 4.87. The van der Waals surface area contributed by atoms with Gasteiger partial charge >= 0.3 is 116 Å². The molecule has 0 bridgehead atoms. The van der Waals surface area contributed by atoms with Crippen molar-refractivity contribution in [1.29, 1.82) is 0 Å². The van der Waals surface area contributed by atoms with Gasteiger partial charge in [-0.15, -0.1) is 0 Å². The molecular weight excluding hydrogens is 291 g/mol. The number of benzene rings is 1. The molecule has 1 saturated heterocycles. The predicted octanol–water partition coefficient (Wildman–Crippen LogP) is 2.14. The van der Waals surface area contributed by atoms with Gasteiger partial charge < -0.3 is 0 Å². The fourth-order valence-corrected chi connectivity index (χ4v) is 5.13. The Balaban J connectivity index is 1.96. The maximum absolute atomic E-state index is 9.79. The first-order valence-electron chi connectivity index (χ1n) is 6.81. The Morgan fingerprint density at radius 3 is 2.83 bits per heavy atom. The van der Waals surface area contributed by atoms with E-state index in [0.29, 0.717) is 32.5 Å². The second-order valence-corrected chi connectivity index (χ2v) is 7.63. The molecule has 0 unspecified atom stereocenters. The van der Waals surface area contributed by atoms with E-state index in [1.54, 1.807) is 0 Å².